The second-order valence-corrected chi connectivity index (χ2v) is 7.15. The first-order chi connectivity index (χ1) is 8.09. The topological polar surface area (TPSA) is 20.2 Å². The van der Waals surface area contributed by atoms with Crippen LogP contribution in [0.25, 0.3) is 0 Å². The Morgan fingerprint density at radius 1 is 1.00 bits per heavy atom. The Labute approximate surface area is 107 Å². The molecule has 2 fully saturated rings. The van der Waals surface area contributed by atoms with Crippen LogP contribution in [0.5, 0.6) is 0 Å². The highest BCUT2D eigenvalue weighted by Crippen LogP contribution is 2.44. The highest BCUT2D eigenvalue weighted by Gasteiger charge is 2.37. The summed E-state index contributed by atoms with van der Waals surface area (Å²) in [6, 6.07) is 0. The molecule has 0 amide bonds. The number of hydrogen-bond donors (Lipinski definition) is 1. The van der Waals surface area contributed by atoms with E-state index < -0.39 is 0 Å². The average Bonchev–Trinajstić information content (AvgIpc) is 2.29. The van der Waals surface area contributed by atoms with Crippen LogP contribution in [0.2, 0.25) is 0 Å². The van der Waals surface area contributed by atoms with Crippen LogP contribution in [0.3, 0.4) is 0 Å². The Balaban J connectivity index is 1.87. The first-order valence-electron chi connectivity index (χ1n) is 7.78. The molecule has 0 bridgehead atoms. The SMILES string of the molecule is CC1(C)CCCCC1C(O)CC1CCCCC1. The van der Waals surface area contributed by atoms with E-state index in [0.717, 1.165) is 12.3 Å². The van der Waals surface area contributed by atoms with Gasteiger partial charge in [0.2, 0.25) is 0 Å². The Morgan fingerprint density at radius 2 is 1.65 bits per heavy atom. The second kappa shape index (κ2) is 5.73. The van der Waals surface area contributed by atoms with Gasteiger partial charge in [0.25, 0.3) is 0 Å². The molecule has 1 nitrogen and oxygen atoms in total. The van der Waals surface area contributed by atoms with Crippen LogP contribution in [0, 0.1) is 17.3 Å². The summed E-state index contributed by atoms with van der Waals surface area (Å²) in [6.07, 6.45) is 13.2. The minimum absolute atomic E-state index is 0.0339. The van der Waals surface area contributed by atoms with Crippen LogP contribution in [0.1, 0.15) is 78.1 Å². The van der Waals surface area contributed by atoms with Crippen LogP contribution < -0.4 is 0 Å². The lowest BCUT2D eigenvalue weighted by molar-refractivity contribution is -0.0108. The smallest absolute Gasteiger partial charge is 0.0576 e. The van der Waals surface area contributed by atoms with Crippen molar-refractivity contribution in [2.45, 2.75) is 84.2 Å². The van der Waals surface area contributed by atoms with Gasteiger partial charge in [-0.25, -0.2) is 0 Å². The van der Waals surface area contributed by atoms with Crippen molar-refractivity contribution >= 4 is 0 Å². The van der Waals surface area contributed by atoms with E-state index in [1.165, 1.54) is 57.8 Å². The summed E-state index contributed by atoms with van der Waals surface area (Å²) in [5.74, 6) is 1.37. The zero-order valence-electron chi connectivity index (χ0n) is 11.8. The van der Waals surface area contributed by atoms with Gasteiger partial charge in [-0.1, -0.05) is 58.8 Å². The van der Waals surface area contributed by atoms with E-state index in [1.807, 2.05) is 0 Å². The van der Waals surface area contributed by atoms with Gasteiger partial charge in [0.15, 0.2) is 0 Å². The van der Waals surface area contributed by atoms with Crippen molar-refractivity contribution in [2.75, 3.05) is 0 Å². The third kappa shape index (κ3) is 3.47. The second-order valence-electron chi connectivity index (χ2n) is 7.15. The van der Waals surface area contributed by atoms with Crippen LogP contribution in [-0.2, 0) is 0 Å². The molecule has 0 spiro atoms. The summed E-state index contributed by atoms with van der Waals surface area (Å²) in [6.45, 7) is 4.72. The molecule has 0 saturated heterocycles. The normalized spacial score (nSPS) is 32.3. The largest absolute Gasteiger partial charge is 0.393 e. The maximum absolute atomic E-state index is 10.6. The van der Waals surface area contributed by atoms with Crippen molar-refractivity contribution in [1.29, 1.82) is 0 Å². The van der Waals surface area contributed by atoms with Gasteiger partial charge in [-0.15, -0.1) is 0 Å². The molecule has 2 aliphatic rings. The van der Waals surface area contributed by atoms with E-state index in [2.05, 4.69) is 13.8 Å². The molecule has 1 heteroatoms. The minimum atomic E-state index is -0.0339. The third-order valence-electron chi connectivity index (χ3n) is 5.35. The van der Waals surface area contributed by atoms with Gasteiger partial charge in [-0.05, 0) is 36.5 Å². The number of hydrogen-bond acceptors (Lipinski definition) is 1. The highest BCUT2D eigenvalue weighted by molar-refractivity contribution is 4.88. The van der Waals surface area contributed by atoms with E-state index in [-0.39, 0.29) is 6.10 Å². The third-order valence-corrected chi connectivity index (χ3v) is 5.35. The van der Waals surface area contributed by atoms with Crippen LogP contribution in [-0.4, -0.2) is 11.2 Å². The van der Waals surface area contributed by atoms with E-state index in [9.17, 15) is 5.11 Å². The molecule has 2 saturated carbocycles. The van der Waals surface area contributed by atoms with Gasteiger partial charge in [0, 0.05) is 0 Å². The average molecular weight is 238 g/mol. The molecule has 0 radical (unpaired) electrons. The molecule has 0 aromatic heterocycles. The maximum atomic E-state index is 10.6. The lowest BCUT2D eigenvalue weighted by Gasteiger charge is -2.42. The van der Waals surface area contributed by atoms with E-state index >= 15 is 0 Å². The molecule has 2 aliphatic carbocycles. The first-order valence-corrected chi connectivity index (χ1v) is 7.78. The Hall–Kier alpha value is -0.0400. The van der Waals surface area contributed by atoms with Gasteiger partial charge in [0.1, 0.15) is 0 Å². The van der Waals surface area contributed by atoms with E-state index in [4.69, 9.17) is 0 Å². The summed E-state index contributed by atoms with van der Waals surface area (Å²) < 4.78 is 0. The molecule has 0 aliphatic heterocycles. The summed E-state index contributed by atoms with van der Waals surface area (Å²) >= 11 is 0. The van der Waals surface area contributed by atoms with Gasteiger partial charge in [-0.2, -0.15) is 0 Å². The van der Waals surface area contributed by atoms with Crippen LogP contribution >= 0.6 is 0 Å². The molecular formula is C16H30O. The summed E-state index contributed by atoms with van der Waals surface area (Å²) in [7, 11) is 0. The molecule has 2 atom stereocenters. The molecule has 17 heavy (non-hydrogen) atoms. The quantitative estimate of drug-likeness (QED) is 0.765. The molecule has 100 valence electrons. The summed E-state index contributed by atoms with van der Waals surface area (Å²) in [5, 5.41) is 10.6. The van der Waals surface area contributed by atoms with Gasteiger partial charge in [-0.3, -0.25) is 0 Å². The van der Waals surface area contributed by atoms with Gasteiger partial charge in [0.05, 0.1) is 6.10 Å². The first kappa shape index (κ1) is 13.4. The Morgan fingerprint density at radius 3 is 2.29 bits per heavy atom. The minimum Gasteiger partial charge on any atom is -0.393 e. The molecule has 0 heterocycles. The molecule has 0 aromatic carbocycles. The zero-order valence-corrected chi connectivity index (χ0v) is 11.8. The van der Waals surface area contributed by atoms with Crippen molar-refractivity contribution in [3.63, 3.8) is 0 Å². The van der Waals surface area contributed by atoms with Crippen molar-refractivity contribution in [3.8, 4) is 0 Å². The van der Waals surface area contributed by atoms with Crippen molar-refractivity contribution in [3.05, 3.63) is 0 Å². The van der Waals surface area contributed by atoms with Crippen molar-refractivity contribution in [1.82, 2.24) is 0 Å². The molecule has 2 rings (SSSR count). The van der Waals surface area contributed by atoms with Gasteiger partial charge >= 0.3 is 0 Å². The van der Waals surface area contributed by atoms with Gasteiger partial charge < -0.3 is 5.11 Å². The lowest BCUT2D eigenvalue weighted by Crippen LogP contribution is -2.38. The van der Waals surface area contributed by atoms with Crippen LogP contribution in [0.4, 0.5) is 0 Å². The van der Waals surface area contributed by atoms with Crippen LogP contribution in [0.15, 0.2) is 0 Å². The Bertz CT molecular complexity index is 228. The standard InChI is InChI=1S/C16H30O/c1-16(2)11-7-6-10-14(16)15(17)12-13-8-4-3-5-9-13/h13-15,17H,3-12H2,1-2H3. The molecule has 2 unspecified atom stereocenters. The molecule has 1 N–H and O–H groups in total. The van der Waals surface area contributed by atoms with E-state index in [0.29, 0.717) is 11.3 Å². The lowest BCUT2D eigenvalue weighted by atomic mass is 9.65. The van der Waals surface area contributed by atoms with Crippen molar-refractivity contribution < 1.29 is 5.11 Å². The number of aliphatic hydroxyl groups excluding tert-OH is 1. The number of aliphatic hydroxyl groups is 1. The van der Waals surface area contributed by atoms with Crippen molar-refractivity contribution in [2.24, 2.45) is 17.3 Å². The Kier molecular flexibility index (Phi) is 4.52. The summed E-state index contributed by atoms with van der Waals surface area (Å²) in [5.41, 5.74) is 0.367. The fraction of sp³-hybridized carbons (Fsp3) is 1.00. The molecule has 0 aromatic rings. The van der Waals surface area contributed by atoms with E-state index in [1.54, 1.807) is 0 Å². The monoisotopic (exact) mass is 238 g/mol. The maximum Gasteiger partial charge on any atom is 0.0576 e. The predicted octanol–water partition coefficient (Wildman–Crippen LogP) is 4.53. The fourth-order valence-electron chi connectivity index (χ4n) is 4.16. The predicted molar refractivity (Wildman–Crippen MR) is 72.9 cm³/mol. The molecular weight excluding hydrogens is 208 g/mol. The zero-order chi connectivity index (χ0) is 12.3. The fourth-order valence-corrected chi connectivity index (χ4v) is 4.16. The highest BCUT2D eigenvalue weighted by atomic mass is 16.3. The number of rotatable bonds is 3. The summed E-state index contributed by atoms with van der Waals surface area (Å²) in [4.78, 5) is 0.